The molecule has 0 saturated carbocycles. The van der Waals surface area contributed by atoms with Crippen LogP contribution in [0.25, 0.3) is 6.08 Å². The van der Waals surface area contributed by atoms with Gasteiger partial charge in [-0.3, -0.25) is 19.8 Å². The van der Waals surface area contributed by atoms with Crippen LogP contribution in [0.15, 0.2) is 42.2 Å². The molecule has 1 heterocycles. The largest absolute Gasteiger partial charge is 0.507 e. The smallest absolute Gasteiger partial charge is 0.269 e. The van der Waals surface area contributed by atoms with E-state index in [0.717, 1.165) is 38.8 Å². The SMILES string of the molecule is CCCCN(CCCC)Cc1c(O)ccc2c1O/C(=C/c1ccc([N+](=O)[O-])cc1)C2=O. The quantitative estimate of drug-likeness (QED) is 0.315. The van der Waals surface area contributed by atoms with Crippen LogP contribution in [0, 0.1) is 10.1 Å². The van der Waals surface area contributed by atoms with Crippen molar-refractivity contribution >= 4 is 17.5 Å². The summed E-state index contributed by atoms with van der Waals surface area (Å²) >= 11 is 0. The molecule has 0 saturated heterocycles. The summed E-state index contributed by atoms with van der Waals surface area (Å²) in [7, 11) is 0. The topological polar surface area (TPSA) is 92.9 Å². The molecule has 0 spiro atoms. The summed E-state index contributed by atoms with van der Waals surface area (Å²) in [5.41, 5.74) is 1.65. The summed E-state index contributed by atoms with van der Waals surface area (Å²) in [6.07, 6.45) is 5.85. The number of nitro groups is 1. The van der Waals surface area contributed by atoms with Crippen LogP contribution in [-0.4, -0.2) is 33.8 Å². The van der Waals surface area contributed by atoms with Crippen molar-refractivity contribution in [3.63, 3.8) is 0 Å². The zero-order chi connectivity index (χ0) is 22.4. The van der Waals surface area contributed by atoms with Crippen LogP contribution < -0.4 is 4.74 Å². The number of Topliss-reactive ketones (excluding diaryl/α,β-unsaturated/α-hetero) is 1. The number of carbonyl (C=O) groups excluding carboxylic acids is 1. The van der Waals surface area contributed by atoms with Gasteiger partial charge in [0.2, 0.25) is 5.78 Å². The molecule has 0 aliphatic carbocycles. The van der Waals surface area contributed by atoms with Gasteiger partial charge >= 0.3 is 0 Å². The van der Waals surface area contributed by atoms with Crippen LogP contribution in [0.4, 0.5) is 5.69 Å². The van der Waals surface area contributed by atoms with Gasteiger partial charge in [0.05, 0.1) is 16.1 Å². The first-order valence-corrected chi connectivity index (χ1v) is 10.7. The predicted molar refractivity (Wildman–Crippen MR) is 119 cm³/mol. The Morgan fingerprint density at radius 2 is 1.71 bits per heavy atom. The fourth-order valence-electron chi connectivity index (χ4n) is 3.55. The molecule has 1 aliphatic rings. The zero-order valence-electron chi connectivity index (χ0n) is 18.0. The Morgan fingerprint density at radius 3 is 2.29 bits per heavy atom. The van der Waals surface area contributed by atoms with E-state index in [2.05, 4.69) is 18.7 Å². The van der Waals surface area contributed by atoms with Crippen molar-refractivity contribution in [2.24, 2.45) is 0 Å². The van der Waals surface area contributed by atoms with Gasteiger partial charge in [0.1, 0.15) is 11.5 Å². The lowest BCUT2D eigenvalue weighted by Gasteiger charge is -2.23. The highest BCUT2D eigenvalue weighted by Crippen LogP contribution is 2.40. The Balaban J connectivity index is 1.87. The maximum Gasteiger partial charge on any atom is 0.269 e. The highest BCUT2D eigenvalue weighted by Gasteiger charge is 2.31. The third-order valence-corrected chi connectivity index (χ3v) is 5.36. The summed E-state index contributed by atoms with van der Waals surface area (Å²) in [5.74, 6) is 0.393. The van der Waals surface area contributed by atoms with E-state index >= 15 is 0 Å². The van der Waals surface area contributed by atoms with Crippen molar-refractivity contribution in [1.29, 1.82) is 0 Å². The zero-order valence-corrected chi connectivity index (χ0v) is 18.0. The molecule has 0 bridgehead atoms. The number of ether oxygens (including phenoxy) is 1. The number of fused-ring (bicyclic) bond motifs is 1. The molecule has 0 fully saturated rings. The number of allylic oxidation sites excluding steroid dienone is 1. The number of hydrogen-bond acceptors (Lipinski definition) is 6. The second-order valence-electron chi connectivity index (χ2n) is 7.71. The van der Waals surface area contributed by atoms with Crippen LogP contribution >= 0.6 is 0 Å². The lowest BCUT2D eigenvalue weighted by Crippen LogP contribution is -2.25. The van der Waals surface area contributed by atoms with E-state index in [1.54, 1.807) is 30.3 Å². The van der Waals surface area contributed by atoms with Crippen LogP contribution in [-0.2, 0) is 6.54 Å². The Hall–Kier alpha value is -3.19. The minimum Gasteiger partial charge on any atom is -0.507 e. The molecule has 7 heteroatoms. The Labute approximate surface area is 182 Å². The standard InChI is InChI=1S/C24H28N2O5/c1-3-5-13-25(14-6-4-2)16-20-21(27)12-11-19-23(28)22(31-24(19)20)15-17-7-9-18(10-8-17)26(29)30/h7-12,15,27H,3-6,13-14,16H2,1-2H3/b22-15+. The van der Waals surface area contributed by atoms with Gasteiger partial charge in [-0.2, -0.15) is 0 Å². The summed E-state index contributed by atoms with van der Waals surface area (Å²) < 4.78 is 5.91. The number of nitrogens with zero attached hydrogens (tertiary/aromatic N) is 2. The highest BCUT2D eigenvalue weighted by molar-refractivity contribution is 6.15. The number of carbonyl (C=O) groups is 1. The fourth-order valence-corrected chi connectivity index (χ4v) is 3.55. The van der Waals surface area contributed by atoms with E-state index in [1.165, 1.54) is 12.1 Å². The van der Waals surface area contributed by atoms with Gasteiger partial charge in [0, 0.05) is 18.7 Å². The molecular formula is C24H28N2O5. The number of ketones is 1. The third kappa shape index (κ3) is 5.30. The molecule has 0 unspecified atom stereocenters. The second-order valence-corrected chi connectivity index (χ2v) is 7.71. The summed E-state index contributed by atoms with van der Waals surface area (Å²) in [4.78, 5) is 25.5. The molecule has 31 heavy (non-hydrogen) atoms. The molecule has 3 rings (SSSR count). The highest BCUT2D eigenvalue weighted by atomic mass is 16.6. The van der Waals surface area contributed by atoms with E-state index in [0.29, 0.717) is 29.0 Å². The minimum absolute atomic E-state index is 0.0180. The molecule has 1 N–H and O–H groups in total. The van der Waals surface area contributed by atoms with Gasteiger partial charge < -0.3 is 9.84 Å². The van der Waals surface area contributed by atoms with Crippen LogP contribution in [0.3, 0.4) is 0 Å². The monoisotopic (exact) mass is 424 g/mol. The molecule has 2 aromatic rings. The normalized spacial score (nSPS) is 14.2. The Bertz CT molecular complexity index is 974. The number of benzene rings is 2. The van der Waals surface area contributed by atoms with Gasteiger partial charge in [-0.05, 0) is 61.8 Å². The average Bonchev–Trinajstić information content (AvgIpc) is 3.07. The van der Waals surface area contributed by atoms with Gasteiger partial charge in [-0.25, -0.2) is 0 Å². The molecule has 0 amide bonds. The number of unbranched alkanes of at least 4 members (excludes halogenated alkanes) is 2. The first-order valence-electron chi connectivity index (χ1n) is 10.7. The molecule has 7 nitrogen and oxygen atoms in total. The molecule has 0 aromatic heterocycles. The molecule has 2 aromatic carbocycles. The van der Waals surface area contributed by atoms with Crippen molar-refractivity contribution in [3.8, 4) is 11.5 Å². The van der Waals surface area contributed by atoms with Crippen molar-refractivity contribution in [2.75, 3.05) is 13.1 Å². The van der Waals surface area contributed by atoms with Crippen LogP contribution in [0.2, 0.25) is 0 Å². The molecule has 0 atom stereocenters. The number of nitro benzene ring substituents is 1. The number of phenols is 1. The van der Waals surface area contributed by atoms with Crippen molar-refractivity contribution < 1.29 is 19.6 Å². The van der Waals surface area contributed by atoms with Crippen molar-refractivity contribution in [2.45, 2.75) is 46.1 Å². The summed E-state index contributed by atoms with van der Waals surface area (Å²) in [6.45, 7) is 6.63. The fraction of sp³-hybridized carbons (Fsp3) is 0.375. The number of hydrogen-bond donors (Lipinski definition) is 1. The minimum atomic E-state index is -0.470. The maximum atomic E-state index is 12.9. The molecule has 1 aliphatic heterocycles. The number of rotatable bonds is 10. The lowest BCUT2D eigenvalue weighted by molar-refractivity contribution is -0.384. The Morgan fingerprint density at radius 1 is 1.06 bits per heavy atom. The molecule has 164 valence electrons. The average molecular weight is 424 g/mol. The van der Waals surface area contributed by atoms with Gasteiger partial charge in [0.25, 0.3) is 5.69 Å². The lowest BCUT2D eigenvalue weighted by atomic mass is 10.0. The van der Waals surface area contributed by atoms with Gasteiger partial charge in [-0.1, -0.05) is 26.7 Å². The second kappa shape index (κ2) is 10.2. The van der Waals surface area contributed by atoms with Crippen LogP contribution in [0.5, 0.6) is 11.5 Å². The van der Waals surface area contributed by atoms with Gasteiger partial charge in [0.15, 0.2) is 5.76 Å². The third-order valence-electron chi connectivity index (χ3n) is 5.36. The van der Waals surface area contributed by atoms with E-state index in [9.17, 15) is 20.0 Å². The molecular weight excluding hydrogens is 396 g/mol. The van der Waals surface area contributed by atoms with E-state index in [1.807, 2.05) is 0 Å². The predicted octanol–water partition coefficient (Wildman–Crippen LogP) is 5.32. The first kappa shape index (κ1) is 22.5. The van der Waals surface area contributed by atoms with E-state index in [4.69, 9.17) is 4.74 Å². The van der Waals surface area contributed by atoms with Crippen molar-refractivity contribution in [1.82, 2.24) is 4.90 Å². The molecule has 0 radical (unpaired) electrons. The van der Waals surface area contributed by atoms with Gasteiger partial charge in [-0.15, -0.1) is 0 Å². The number of non-ortho nitro benzene ring substituents is 1. The summed E-state index contributed by atoms with van der Waals surface area (Å²) in [5, 5.41) is 21.3. The maximum absolute atomic E-state index is 12.9. The van der Waals surface area contributed by atoms with E-state index in [-0.39, 0.29) is 23.0 Å². The number of aromatic hydroxyl groups is 1. The first-order chi connectivity index (χ1) is 14.9. The Kier molecular flexibility index (Phi) is 7.41. The number of phenolic OH excluding ortho intramolecular Hbond substituents is 1. The van der Waals surface area contributed by atoms with Crippen molar-refractivity contribution in [3.05, 3.63) is 69.0 Å². The van der Waals surface area contributed by atoms with Crippen LogP contribution in [0.1, 0.15) is 61.0 Å². The van der Waals surface area contributed by atoms with E-state index < -0.39 is 4.92 Å². The summed E-state index contributed by atoms with van der Waals surface area (Å²) in [6, 6.07) is 9.03.